The van der Waals surface area contributed by atoms with Gasteiger partial charge in [-0.25, -0.2) is 0 Å². The number of benzene rings is 2. The van der Waals surface area contributed by atoms with Gasteiger partial charge in [-0.15, -0.1) is 0 Å². The van der Waals surface area contributed by atoms with Gasteiger partial charge in [-0.3, -0.25) is 9.69 Å². The number of piperazine rings is 1. The maximum atomic E-state index is 13.0. The molecule has 158 valence electrons. The van der Waals surface area contributed by atoms with Crippen molar-refractivity contribution in [3.63, 3.8) is 0 Å². The van der Waals surface area contributed by atoms with Crippen molar-refractivity contribution in [3.8, 4) is 0 Å². The van der Waals surface area contributed by atoms with Crippen LogP contribution >= 0.6 is 0 Å². The second-order valence-corrected chi connectivity index (χ2v) is 8.67. The SMILES string of the molecule is O=C(C1Cc2ccccc2C1)N1CCN(C2COC(Cc3ccccc3)CO2)CC1. The fraction of sp³-hybridized carbons (Fsp3) is 0.480. The monoisotopic (exact) mass is 406 g/mol. The fourth-order valence-electron chi connectivity index (χ4n) is 4.96. The number of carbonyl (C=O) groups is 1. The molecule has 0 spiro atoms. The van der Waals surface area contributed by atoms with Crippen LogP contribution in [0, 0.1) is 5.92 Å². The van der Waals surface area contributed by atoms with E-state index in [2.05, 4.69) is 58.3 Å². The summed E-state index contributed by atoms with van der Waals surface area (Å²) >= 11 is 0. The van der Waals surface area contributed by atoms with Crippen molar-refractivity contribution in [2.45, 2.75) is 31.6 Å². The van der Waals surface area contributed by atoms with Crippen LogP contribution in [0.1, 0.15) is 16.7 Å². The number of hydrogen-bond donors (Lipinski definition) is 0. The highest BCUT2D eigenvalue weighted by Gasteiger charge is 2.34. The van der Waals surface area contributed by atoms with Crippen LogP contribution in [0.4, 0.5) is 0 Å². The van der Waals surface area contributed by atoms with Crippen molar-refractivity contribution in [3.05, 3.63) is 71.3 Å². The smallest absolute Gasteiger partial charge is 0.226 e. The van der Waals surface area contributed by atoms with Gasteiger partial charge in [0.05, 0.1) is 19.3 Å². The average molecular weight is 407 g/mol. The topological polar surface area (TPSA) is 42.0 Å². The number of amides is 1. The van der Waals surface area contributed by atoms with Gasteiger partial charge in [-0.05, 0) is 29.5 Å². The third-order valence-electron chi connectivity index (χ3n) is 6.69. The molecule has 1 aliphatic carbocycles. The number of fused-ring (bicyclic) bond motifs is 1. The lowest BCUT2D eigenvalue weighted by Gasteiger charge is -2.42. The third kappa shape index (κ3) is 4.29. The van der Waals surface area contributed by atoms with Gasteiger partial charge in [0, 0.05) is 38.5 Å². The van der Waals surface area contributed by atoms with E-state index in [0.717, 1.165) is 45.4 Å². The Morgan fingerprint density at radius 1 is 0.833 bits per heavy atom. The van der Waals surface area contributed by atoms with Crippen LogP contribution < -0.4 is 0 Å². The summed E-state index contributed by atoms with van der Waals surface area (Å²) in [4.78, 5) is 17.4. The fourth-order valence-corrected chi connectivity index (χ4v) is 4.96. The molecule has 0 bridgehead atoms. The van der Waals surface area contributed by atoms with Gasteiger partial charge in [0.1, 0.15) is 6.23 Å². The molecule has 0 radical (unpaired) electrons. The van der Waals surface area contributed by atoms with E-state index in [0.29, 0.717) is 19.1 Å². The Bertz CT molecular complexity index is 831. The molecule has 1 amide bonds. The lowest BCUT2D eigenvalue weighted by Crippen LogP contribution is -2.56. The largest absolute Gasteiger partial charge is 0.371 e. The summed E-state index contributed by atoms with van der Waals surface area (Å²) in [5.74, 6) is 0.427. The number of ether oxygens (including phenoxy) is 2. The second-order valence-electron chi connectivity index (χ2n) is 8.67. The molecule has 0 N–H and O–H groups in total. The van der Waals surface area contributed by atoms with Crippen LogP contribution in [-0.4, -0.2) is 67.4 Å². The molecule has 5 nitrogen and oxygen atoms in total. The van der Waals surface area contributed by atoms with Crippen molar-refractivity contribution >= 4 is 5.91 Å². The van der Waals surface area contributed by atoms with Crippen LogP contribution in [0.2, 0.25) is 0 Å². The van der Waals surface area contributed by atoms with Crippen LogP contribution in [0.25, 0.3) is 0 Å². The van der Waals surface area contributed by atoms with Crippen molar-refractivity contribution in [1.29, 1.82) is 0 Å². The van der Waals surface area contributed by atoms with E-state index >= 15 is 0 Å². The number of hydrogen-bond acceptors (Lipinski definition) is 4. The number of carbonyl (C=O) groups excluding carboxylic acids is 1. The van der Waals surface area contributed by atoms with E-state index in [1.807, 2.05) is 6.07 Å². The normalized spacial score (nSPS) is 25.3. The first-order chi connectivity index (χ1) is 14.8. The average Bonchev–Trinajstić information content (AvgIpc) is 3.24. The van der Waals surface area contributed by atoms with E-state index in [4.69, 9.17) is 9.47 Å². The zero-order chi connectivity index (χ0) is 20.3. The zero-order valence-electron chi connectivity index (χ0n) is 17.4. The molecule has 2 saturated heterocycles. The summed E-state index contributed by atoms with van der Waals surface area (Å²) in [6, 6.07) is 18.9. The predicted molar refractivity (Wildman–Crippen MR) is 115 cm³/mol. The first kappa shape index (κ1) is 19.7. The van der Waals surface area contributed by atoms with Gasteiger partial charge in [0.2, 0.25) is 5.91 Å². The highest BCUT2D eigenvalue weighted by atomic mass is 16.6. The highest BCUT2D eigenvalue weighted by molar-refractivity contribution is 5.80. The first-order valence-electron chi connectivity index (χ1n) is 11.1. The summed E-state index contributed by atoms with van der Waals surface area (Å²) in [5.41, 5.74) is 3.96. The molecule has 30 heavy (non-hydrogen) atoms. The van der Waals surface area contributed by atoms with Gasteiger partial charge in [0.15, 0.2) is 0 Å². The summed E-state index contributed by atoms with van der Waals surface area (Å²) in [7, 11) is 0. The van der Waals surface area contributed by atoms with Crippen LogP contribution in [0.15, 0.2) is 54.6 Å². The van der Waals surface area contributed by atoms with Gasteiger partial charge in [-0.2, -0.15) is 0 Å². The molecular formula is C25H30N2O3. The summed E-state index contributed by atoms with van der Waals surface area (Å²) in [6.07, 6.45) is 2.79. The third-order valence-corrected chi connectivity index (χ3v) is 6.69. The summed E-state index contributed by atoms with van der Waals surface area (Å²) in [6.45, 7) is 4.48. The van der Waals surface area contributed by atoms with E-state index in [1.165, 1.54) is 16.7 Å². The Kier molecular flexibility index (Phi) is 5.84. The minimum absolute atomic E-state index is 0.00464. The van der Waals surface area contributed by atoms with Crippen molar-refractivity contribution < 1.29 is 14.3 Å². The molecule has 5 rings (SSSR count). The Labute approximate surface area is 178 Å². The van der Waals surface area contributed by atoms with Gasteiger partial charge >= 0.3 is 0 Å². The Balaban J connectivity index is 1.07. The lowest BCUT2D eigenvalue weighted by molar-refractivity contribution is -0.190. The molecule has 3 aliphatic rings. The molecule has 2 aromatic rings. The van der Waals surface area contributed by atoms with Crippen LogP contribution in [-0.2, 0) is 33.5 Å². The van der Waals surface area contributed by atoms with E-state index in [-0.39, 0.29) is 18.2 Å². The molecular weight excluding hydrogens is 376 g/mol. The molecule has 2 atom stereocenters. The van der Waals surface area contributed by atoms with Crippen molar-refractivity contribution in [2.24, 2.45) is 5.92 Å². The minimum atomic E-state index is 0.00464. The Morgan fingerprint density at radius 3 is 2.13 bits per heavy atom. The Morgan fingerprint density at radius 2 is 1.50 bits per heavy atom. The van der Waals surface area contributed by atoms with E-state index in [1.54, 1.807) is 0 Å². The molecule has 0 aromatic heterocycles. The zero-order valence-corrected chi connectivity index (χ0v) is 17.4. The number of nitrogens with zero attached hydrogens (tertiary/aromatic N) is 2. The Hall–Kier alpha value is -2.21. The van der Waals surface area contributed by atoms with Crippen LogP contribution in [0.3, 0.4) is 0 Å². The molecule has 2 aliphatic heterocycles. The van der Waals surface area contributed by atoms with Crippen LogP contribution in [0.5, 0.6) is 0 Å². The number of rotatable bonds is 4. The predicted octanol–water partition coefficient (Wildman–Crippen LogP) is 2.53. The molecule has 2 heterocycles. The molecule has 0 saturated carbocycles. The van der Waals surface area contributed by atoms with Gasteiger partial charge < -0.3 is 14.4 Å². The minimum Gasteiger partial charge on any atom is -0.371 e. The van der Waals surface area contributed by atoms with E-state index in [9.17, 15) is 4.79 Å². The van der Waals surface area contributed by atoms with E-state index < -0.39 is 0 Å². The molecule has 2 aromatic carbocycles. The molecule has 2 unspecified atom stereocenters. The summed E-state index contributed by atoms with van der Waals surface area (Å²) < 4.78 is 12.2. The second kappa shape index (κ2) is 8.88. The maximum absolute atomic E-state index is 13.0. The van der Waals surface area contributed by atoms with Crippen molar-refractivity contribution in [2.75, 3.05) is 39.4 Å². The summed E-state index contributed by atoms with van der Waals surface area (Å²) in [5, 5.41) is 0. The van der Waals surface area contributed by atoms with Gasteiger partial charge in [-0.1, -0.05) is 54.6 Å². The lowest BCUT2D eigenvalue weighted by atomic mass is 10.0. The van der Waals surface area contributed by atoms with Gasteiger partial charge in [0.25, 0.3) is 0 Å². The molecule has 5 heteroatoms. The van der Waals surface area contributed by atoms with Crippen molar-refractivity contribution in [1.82, 2.24) is 9.80 Å². The quantitative estimate of drug-likeness (QED) is 0.783. The highest BCUT2D eigenvalue weighted by Crippen LogP contribution is 2.28. The standard InChI is InChI=1S/C25H30N2O3/c28-25(22-15-20-8-4-5-9-21(20)16-22)27-12-10-26(11-13-27)24-18-29-23(17-30-24)14-19-6-2-1-3-7-19/h1-9,22-24H,10-18H2. The molecule has 2 fully saturated rings. The maximum Gasteiger partial charge on any atom is 0.226 e. The first-order valence-corrected chi connectivity index (χ1v) is 11.1.